The van der Waals surface area contributed by atoms with Crippen LogP contribution in [-0.4, -0.2) is 28.4 Å². The van der Waals surface area contributed by atoms with Gasteiger partial charge in [0.2, 0.25) is 20.0 Å². The molecule has 0 aliphatic rings. The van der Waals surface area contributed by atoms with Crippen LogP contribution in [-0.2, 0) is 46.4 Å². The number of Topliss-reactive ketones (excluding diaryl/α,β-unsaturated/α-hetero) is 2. The Balaban J connectivity index is 0.000000360. The summed E-state index contributed by atoms with van der Waals surface area (Å²) in [5.74, 6) is -4.29. The van der Waals surface area contributed by atoms with Crippen molar-refractivity contribution >= 4 is 54.4 Å². The molecule has 279 valence electrons. The van der Waals surface area contributed by atoms with E-state index in [4.69, 9.17) is 10.3 Å². The van der Waals surface area contributed by atoms with E-state index in [9.17, 15) is 46.9 Å². The van der Waals surface area contributed by atoms with Crippen molar-refractivity contribution in [3.63, 3.8) is 0 Å². The summed E-state index contributed by atoms with van der Waals surface area (Å²) in [5.41, 5.74) is -0.964. The second-order valence-electron chi connectivity index (χ2n) is 10.2. The standard InChI is InChI=1S/2C16H16N4O5S.Co/c2*1-10(21)15(16(23)18-11-5-3-2-4-6-11)20-19-13-9-12(26(17,24)25)7-8-14(13)22;/h2*2-9,18,22-23H,1H3,(H2,17,24,25);/q;;+2/p-4/b2*16-15-,20-19?;. The quantitative estimate of drug-likeness (QED) is 0.0898. The first-order chi connectivity index (χ1) is 24.4. The molecule has 21 heteroatoms. The van der Waals surface area contributed by atoms with Gasteiger partial charge in [0.25, 0.3) is 0 Å². The van der Waals surface area contributed by atoms with Gasteiger partial charge in [-0.2, -0.15) is 10.2 Å². The maximum Gasteiger partial charge on any atom is 2.00 e. The molecule has 6 N–H and O–H groups in total. The SMILES string of the molecule is CC(=O)/C(N=Nc1cc(S(N)(=O)=O)ccc1[O-])=C(/[O-])Nc1ccccc1.CC(=O)/C(N=Nc1cc(S(N)(=O)=O)ccc1[O-])=C(/[O-])Nc1ccccc1.[Co+2]. The van der Waals surface area contributed by atoms with Crippen molar-refractivity contribution in [3.05, 3.63) is 120 Å². The molecule has 0 saturated heterocycles. The third kappa shape index (κ3) is 13.3. The summed E-state index contributed by atoms with van der Waals surface area (Å²) in [4.78, 5) is 22.6. The molecule has 0 aliphatic carbocycles. The molecule has 18 nitrogen and oxygen atoms in total. The Labute approximate surface area is 313 Å². The molecule has 0 spiro atoms. The summed E-state index contributed by atoms with van der Waals surface area (Å²) in [7, 11) is -8.10. The van der Waals surface area contributed by atoms with Crippen LogP contribution in [0.2, 0.25) is 0 Å². The molecule has 0 aromatic heterocycles. The van der Waals surface area contributed by atoms with E-state index < -0.39 is 66.3 Å². The number of benzene rings is 4. The molecular weight excluding hydrogens is 779 g/mol. The summed E-state index contributed by atoms with van der Waals surface area (Å²) in [5, 5.41) is 76.9. The summed E-state index contributed by atoms with van der Waals surface area (Å²) in [6.07, 6.45) is 0. The van der Waals surface area contributed by atoms with Crippen molar-refractivity contribution in [1.82, 2.24) is 0 Å². The zero-order valence-corrected chi connectivity index (χ0v) is 30.1. The maximum absolute atomic E-state index is 12.2. The average molecular weight is 808 g/mol. The predicted molar refractivity (Wildman–Crippen MR) is 179 cm³/mol. The van der Waals surface area contributed by atoms with Crippen molar-refractivity contribution in [1.29, 1.82) is 0 Å². The average Bonchev–Trinajstić information content (AvgIpc) is 3.06. The third-order valence-corrected chi connectivity index (χ3v) is 8.02. The van der Waals surface area contributed by atoms with Gasteiger partial charge >= 0.3 is 16.8 Å². The zero-order valence-electron chi connectivity index (χ0n) is 27.4. The minimum Gasteiger partial charge on any atom is -0.871 e. The molecule has 4 rings (SSSR count). The van der Waals surface area contributed by atoms with Crippen LogP contribution in [0.1, 0.15) is 13.8 Å². The van der Waals surface area contributed by atoms with E-state index in [1.165, 1.54) is 0 Å². The molecule has 0 amide bonds. The van der Waals surface area contributed by atoms with Crippen LogP contribution in [0.25, 0.3) is 0 Å². The van der Waals surface area contributed by atoms with E-state index in [0.29, 0.717) is 11.4 Å². The molecule has 53 heavy (non-hydrogen) atoms. The van der Waals surface area contributed by atoms with E-state index in [1.54, 1.807) is 60.7 Å². The molecule has 4 aromatic rings. The van der Waals surface area contributed by atoms with Gasteiger partial charge in [0, 0.05) is 25.2 Å². The fraction of sp³-hybridized carbons (Fsp3) is 0.0625. The maximum atomic E-state index is 12.2. The van der Waals surface area contributed by atoms with Gasteiger partial charge in [-0.3, -0.25) is 9.59 Å². The minimum absolute atomic E-state index is 0. The van der Waals surface area contributed by atoms with Crippen LogP contribution in [0.15, 0.2) is 150 Å². The fourth-order valence-electron chi connectivity index (χ4n) is 3.69. The first-order valence-corrected chi connectivity index (χ1v) is 17.5. The summed E-state index contributed by atoms with van der Waals surface area (Å²) < 4.78 is 45.3. The minimum atomic E-state index is -4.05. The number of ketones is 2. The number of anilines is 2. The van der Waals surface area contributed by atoms with Gasteiger partial charge in [0.05, 0.1) is 21.2 Å². The van der Waals surface area contributed by atoms with Gasteiger partial charge in [-0.05, 0) is 60.3 Å². The molecule has 0 bridgehead atoms. The molecule has 4 aromatic carbocycles. The largest absolute Gasteiger partial charge is 2.00 e. The topological polar surface area (TPSA) is 320 Å². The number of hydrogen-bond acceptors (Lipinski definition) is 16. The first kappa shape index (κ1) is 43.2. The number of azo groups is 2. The number of nitrogens with zero attached hydrogens (tertiary/aromatic N) is 4. The normalized spacial score (nSPS) is 12.5. The van der Waals surface area contributed by atoms with Crippen LogP contribution < -0.4 is 41.3 Å². The molecule has 0 atom stereocenters. The number of primary sulfonamides is 2. The zero-order chi connectivity index (χ0) is 38.6. The van der Waals surface area contributed by atoms with Gasteiger partial charge in [-0.25, -0.2) is 27.1 Å². The number of sulfonamides is 2. The number of carbonyl (C=O) groups excluding carboxylic acids is 2. The molecule has 1 radical (unpaired) electrons. The Morgan fingerprint density at radius 1 is 0.585 bits per heavy atom. The van der Waals surface area contributed by atoms with Gasteiger partial charge in [0.15, 0.2) is 11.6 Å². The van der Waals surface area contributed by atoms with Crippen molar-refractivity contribution in [2.75, 3.05) is 10.6 Å². The Morgan fingerprint density at radius 2 is 0.906 bits per heavy atom. The Kier molecular flexibility index (Phi) is 15.5. The third-order valence-electron chi connectivity index (χ3n) is 6.19. The smallest absolute Gasteiger partial charge is 0.871 e. The van der Waals surface area contributed by atoms with Gasteiger partial charge in [0.1, 0.15) is 11.4 Å². The molecule has 0 saturated carbocycles. The molecule has 0 aliphatic heterocycles. The van der Waals surface area contributed by atoms with Crippen molar-refractivity contribution in [2.45, 2.75) is 23.6 Å². The monoisotopic (exact) mass is 807 g/mol. The second kappa shape index (κ2) is 19.0. The van der Waals surface area contributed by atoms with E-state index in [-0.39, 0.29) is 37.9 Å². The Hall–Kier alpha value is -5.97. The number of para-hydroxylation sites is 2. The summed E-state index contributed by atoms with van der Waals surface area (Å²) in [6, 6.07) is 22.5. The number of nitrogens with two attached hydrogens (primary N) is 2. The predicted octanol–water partition coefficient (Wildman–Crippen LogP) is 1.44. The van der Waals surface area contributed by atoms with E-state index >= 15 is 0 Å². The van der Waals surface area contributed by atoms with Gasteiger partial charge < -0.3 is 31.1 Å². The number of allylic oxidation sites excluding steroid dienone is 2. The Morgan fingerprint density at radius 3 is 1.19 bits per heavy atom. The Bertz CT molecular complexity index is 2140. The number of hydrogen-bond donors (Lipinski definition) is 4. The number of nitrogens with one attached hydrogen (secondary N) is 2. The van der Waals surface area contributed by atoms with E-state index in [2.05, 4.69) is 31.1 Å². The van der Waals surface area contributed by atoms with Crippen molar-refractivity contribution < 1.29 is 63.6 Å². The molecular formula is C32H28CoN8O10S2-2. The van der Waals surface area contributed by atoms with Crippen molar-refractivity contribution in [3.8, 4) is 11.5 Å². The van der Waals surface area contributed by atoms with Crippen LogP contribution in [0, 0.1) is 0 Å². The van der Waals surface area contributed by atoms with Crippen LogP contribution in [0.4, 0.5) is 22.7 Å². The number of rotatable bonds is 12. The second-order valence-corrected chi connectivity index (χ2v) is 13.3. The van der Waals surface area contributed by atoms with Gasteiger partial charge in [-0.15, -0.1) is 10.2 Å². The summed E-state index contributed by atoms with van der Waals surface area (Å²) >= 11 is 0. The number of carbonyl (C=O) groups is 2. The van der Waals surface area contributed by atoms with Crippen molar-refractivity contribution in [2.24, 2.45) is 30.7 Å². The molecule has 0 fully saturated rings. The first-order valence-electron chi connectivity index (χ1n) is 14.4. The van der Waals surface area contributed by atoms with Gasteiger partial charge in [-0.1, -0.05) is 60.0 Å². The molecule has 0 unspecified atom stereocenters. The summed E-state index contributed by atoms with van der Waals surface area (Å²) in [6.45, 7) is 2.22. The van der Waals surface area contributed by atoms with Crippen LogP contribution in [0.3, 0.4) is 0 Å². The van der Waals surface area contributed by atoms with E-state index in [0.717, 1.165) is 50.2 Å². The van der Waals surface area contributed by atoms with Crippen LogP contribution >= 0.6 is 0 Å². The van der Waals surface area contributed by atoms with Crippen LogP contribution in [0.5, 0.6) is 11.5 Å². The fourth-order valence-corrected chi connectivity index (χ4v) is 4.75. The molecule has 0 heterocycles. The van der Waals surface area contributed by atoms with E-state index in [1.807, 2.05) is 0 Å².